The van der Waals surface area contributed by atoms with Crippen molar-refractivity contribution in [3.05, 3.63) is 23.2 Å². The Bertz CT molecular complexity index is 856. The maximum absolute atomic E-state index is 12.5. The van der Waals surface area contributed by atoms with Crippen molar-refractivity contribution in [3.8, 4) is 0 Å². The van der Waals surface area contributed by atoms with Crippen LogP contribution in [0.2, 0.25) is 0 Å². The van der Waals surface area contributed by atoms with Crippen molar-refractivity contribution in [1.82, 2.24) is 9.97 Å². The van der Waals surface area contributed by atoms with Crippen LogP contribution in [0.3, 0.4) is 0 Å². The second-order valence-electron chi connectivity index (χ2n) is 5.11. The Morgan fingerprint density at radius 2 is 1.44 bits per heavy atom. The molecule has 2 heterocycles. The van der Waals surface area contributed by atoms with Gasteiger partial charge in [-0.2, -0.15) is 0 Å². The third-order valence-corrected chi connectivity index (χ3v) is 8.41. The van der Waals surface area contributed by atoms with Gasteiger partial charge in [-0.15, -0.1) is 22.7 Å². The second-order valence-corrected chi connectivity index (χ2v) is 10.8. The molecule has 2 rings (SSSR count). The molecule has 12 nitrogen and oxygen atoms in total. The summed E-state index contributed by atoms with van der Waals surface area (Å²) in [7, 11) is -10.9. The SMILES string of the molecule is O=C(CC(C(=O)Nc1nccs1)C(P(=O)(O)O)P(=O)(O)O)Nc1nccs1. The standard InChI is InChI=1S/C11H14N4O8P2S2/c16-7(14-10-12-1-3-26-10)5-6(8(17)15-11-13-2-4-27-11)9(24(18,19)20)25(21,22)23/h1-4,6,9H,5H2,(H,12,14,16)(H,13,15,17)(H2,18,19,20)(H2,21,22,23). The van der Waals surface area contributed by atoms with Crippen molar-refractivity contribution in [2.24, 2.45) is 5.92 Å². The van der Waals surface area contributed by atoms with Gasteiger partial charge in [-0.05, 0) is 0 Å². The highest BCUT2D eigenvalue weighted by molar-refractivity contribution is 7.71. The summed E-state index contributed by atoms with van der Waals surface area (Å²) in [6, 6.07) is 0. The lowest BCUT2D eigenvalue weighted by molar-refractivity contribution is -0.124. The monoisotopic (exact) mass is 456 g/mol. The molecule has 0 bridgehead atoms. The van der Waals surface area contributed by atoms with Crippen molar-refractivity contribution in [1.29, 1.82) is 0 Å². The van der Waals surface area contributed by atoms with Crippen LogP contribution in [0.1, 0.15) is 6.42 Å². The minimum atomic E-state index is -5.46. The van der Waals surface area contributed by atoms with E-state index in [1.165, 1.54) is 17.8 Å². The topological polar surface area (TPSA) is 199 Å². The molecule has 0 saturated carbocycles. The number of nitrogens with one attached hydrogen (secondary N) is 2. The molecular weight excluding hydrogens is 442 g/mol. The van der Waals surface area contributed by atoms with Crippen LogP contribution in [-0.2, 0) is 18.7 Å². The number of anilines is 2. The number of thiazole rings is 2. The van der Waals surface area contributed by atoms with Crippen LogP contribution >= 0.6 is 37.9 Å². The highest BCUT2D eigenvalue weighted by Crippen LogP contribution is 2.63. The molecule has 16 heteroatoms. The molecule has 6 N–H and O–H groups in total. The zero-order chi connectivity index (χ0) is 20.2. The molecule has 148 valence electrons. The minimum absolute atomic E-state index is 0.0421. The van der Waals surface area contributed by atoms with Crippen molar-refractivity contribution in [2.75, 3.05) is 10.6 Å². The fourth-order valence-corrected chi connectivity index (χ4v) is 6.20. The summed E-state index contributed by atoms with van der Waals surface area (Å²) in [5, 5.41) is 5.06. The molecule has 0 fully saturated rings. The second kappa shape index (κ2) is 8.67. The van der Waals surface area contributed by atoms with E-state index in [4.69, 9.17) is 0 Å². The van der Waals surface area contributed by atoms with E-state index in [1.807, 2.05) is 0 Å². The summed E-state index contributed by atoms with van der Waals surface area (Å²) in [4.78, 5) is 69.8. The van der Waals surface area contributed by atoms with Crippen molar-refractivity contribution >= 4 is 59.9 Å². The van der Waals surface area contributed by atoms with Gasteiger partial charge in [-0.1, -0.05) is 0 Å². The van der Waals surface area contributed by atoms with Gasteiger partial charge in [-0.3, -0.25) is 18.7 Å². The lowest BCUT2D eigenvalue weighted by atomic mass is 10.1. The average Bonchev–Trinajstić information content (AvgIpc) is 3.17. The molecule has 2 aromatic heterocycles. The third kappa shape index (κ3) is 6.26. The van der Waals surface area contributed by atoms with Crippen LogP contribution in [0.15, 0.2) is 23.2 Å². The molecule has 27 heavy (non-hydrogen) atoms. The first-order chi connectivity index (χ1) is 12.5. The molecule has 0 aliphatic rings. The maximum Gasteiger partial charge on any atom is 0.341 e. The van der Waals surface area contributed by atoms with Crippen molar-refractivity contribution in [2.45, 2.75) is 11.8 Å². The van der Waals surface area contributed by atoms with Crippen LogP contribution in [0.4, 0.5) is 10.3 Å². The van der Waals surface area contributed by atoms with Crippen molar-refractivity contribution in [3.63, 3.8) is 0 Å². The lowest BCUT2D eigenvalue weighted by Crippen LogP contribution is -2.36. The molecule has 0 saturated heterocycles. The molecule has 1 atom stereocenters. The van der Waals surface area contributed by atoms with Crippen LogP contribution in [0.25, 0.3) is 0 Å². The fourth-order valence-electron chi connectivity index (χ4n) is 2.14. The smallest absolute Gasteiger partial charge is 0.324 e. The van der Waals surface area contributed by atoms with Gasteiger partial charge in [0, 0.05) is 29.6 Å². The van der Waals surface area contributed by atoms with Gasteiger partial charge in [0.05, 0.1) is 5.92 Å². The Labute approximate surface area is 160 Å². The molecule has 0 radical (unpaired) electrons. The van der Waals surface area contributed by atoms with Crippen LogP contribution in [0.5, 0.6) is 0 Å². The zero-order valence-corrected chi connectivity index (χ0v) is 16.6. The Hall–Kier alpha value is -1.50. The summed E-state index contributed by atoms with van der Waals surface area (Å²) < 4.78 is 23.4. The van der Waals surface area contributed by atoms with Crippen LogP contribution < -0.4 is 10.6 Å². The fraction of sp³-hybridized carbons (Fsp3) is 0.273. The van der Waals surface area contributed by atoms with Crippen molar-refractivity contribution < 1.29 is 38.3 Å². The summed E-state index contributed by atoms with van der Waals surface area (Å²) in [5.74, 6) is -4.07. The summed E-state index contributed by atoms with van der Waals surface area (Å²) in [6.45, 7) is 0. The number of hydrogen-bond acceptors (Lipinski definition) is 8. The number of carbonyl (C=O) groups is 2. The number of aromatic nitrogens is 2. The number of nitrogens with zero attached hydrogens (tertiary/aromatic N) is 2. The first-order valence-electron chi connectivity index (χ1n) is 6.98. The summed E-state index contributed by atoms with van der Waals surface area (Å²) >= 11 is 2.03. The van der Waals surface area contributed by atoms with E-state index in [0.717, 1.165) is 22.7 Å². The molecule has 2 amide bonds. The maximum atomic E-state index is 12.5. The molecule has 0 aliphatic heterocycles. The van der Waals surface area contributed by atoms with E-state index in [9.17, 15) is 38.3 Å². The number of hydrogen-bond donors (Lipinski definition) is 6. The highest BCUT2D eigenvalue weighted by atomic mass is 32.1. The summed E-state index contributed by atoms with van der Waals surface area (Å²) in [6.07, 6.45) is 1.84. The number of rotatable bonds is 8. The Morgan fingerprint density at radius 1 is 0.963 bits per heavy atom. The molecule has 0 aliphatic carbocycles. The third-order valence-electron chi connectivity index (χ3n) is 3.13. The zero-order valence-electron chi connectivity index (χ0n) is 13.2. The van der Waals surface area contributed by atoms with Gasteiger partial charge in [0.25, 0.3) is 0 Å². The Morgan fingerprint density at radius 3 is 1.85 bits per heavy atom. The average molecular weight is 456 g/mol. The van der Waals surface area contributed by atoms with Crippen LogP contribution in [0, 0.1) is 5.92 Å². The Kier molecular flexibility index (Phi) is 7.00. The highest BCUT2D eigenvalue weighted by Gasteiger charge is 2.52. The van der Waals surface area contributed by atoms with Gasteiger partial charge in [0.15, 0.2) is 15.7 Å². The molecule has 1 unspecified atom stereocenters. The van der Waals surface area contributed by atoms with Gasteiger partial charge in [-0.25, -0.2) is 9.97 Å². The first kappa shape index (κ1) is 21.8. The molecule has 0 spiro atoms. The lowest BCUT2D eigenvalue weighted by Gasteiger charge is -2.26. The molecule has 2 aromatic rings. The number of carbonyl (C=O) groups excluding carboxylic acids is 2. The van der Waals surface area contributed by atoms with E-state index >= 15 is 0 Å². The predicted molar refractivity (Wildman–Crippen MR) is 97.5 cm³/mol. The van der Waals surface area contributed by atoms with Gasteiger partial charge in [0.1, 0.15) is 0 Å². The van der Waals surface area contributed by atoms with E-state index in [-0.39, 0.29) is 10.3 Å². The molecule has 0 aromatic carbocycles. The van der Waals surface area contributed by atoms with Crippen LogP contribution in [-0.4, -0.2) is 46.8 Å². The largest absolute Gasteiger partial charge is 0.341 e. The normalized spacial score (nSPS) is 13.4. The van der Waals surface area contributed by atoms with Gasteiger partial charge in [0.2, 0.25) is 11.8 Å². The first-order valence-corrected chi connectivity index (χ1v) is 12.1. The number of amides is 2. The summed E-state index contributed by atoms with van der Waals surface area (Å²) in [5.41, 5.74) is 0. The van der Waals surface area contributed by atoms with Gasteiger partial charge >= 0.3 is 15.2 Å². The molecular formula is C11H14N4O8P2S2. The van der Waals surface area contributed by atoms with E-state index in [2.05, 4.69) is 20.6 Å². The Balaban J connectivity index is 2.31. The van der Waals surface area contributed by atoms with E-state index < -0.39 is 44.7 Å². The predicted octanol–water partition coefficient (Wildman–Crippen LogP) is 0.865. The van der Waals surface area contributed by atoms with E-state index in [0.29, 0.717) is 0 Å². The van der Waals surface area contributed by atoms with E-state index in [1.54, 1.807) is 5.38 Å². The van der Waals surface area contributed by atoms with Gasteiger partial charge < -0.3 is 30.2 Å². The quantitative estimate of drug-likeness (QED) is 0.310. The minimum Gasteiger partial charge on any atom is -0.324 e.